The van der Waals surface area contributed by atoms with E-state index in [0.717, 1.165) is 19.9 Å². The highest BCUT2D eigenvalue weighted by molar-refractivity contribution is 6.76. The summed E-state index contributed by atoms with van der Waals surface area (Å²) in [7, 11) is -1.31. The first-order chi connectivity index (χ1) is 15.2. The summed E-state index contributed by atoms with van der Waals surface area (Å²) in [6, 6.07) is 8.55. The second-order valence-corrected chi connectivity index (χ2v) is 15.6. The van der Waals surface area contributed by atoms with Gasteiger partial charge < -0.3 is 24.7 Å². The number of hydrogen-bond donors (Lipinski definition) is 2. The molecule has 180 valence electrons. The van der Waals surface area contributed by atoms with Crippen LogP contribution in [0.1, 0.15) is 25.2 Å². The zero-order chi connectivity index (χ0) is 24.6. The van der Waals surface area contributed by atoms with Crippen molar-refractivity contribution in [2.75, 3.05) is 12.3 Å². The molecule has 2 aromatic heterocycles. The van der Waals surface area contributed by atoms with Gasteiger partial charge in [0, 0.05) is 20.9 Å². The number of benzene rings is 1. The van der Waals surface area contributed by atoms with E-state index in [1.807, 2.05) is 0 Å². The van der Waals surface area contributed by atoms with Crippen molar-refractivity contribution in [1.29, 1.82) is 0 Å². The van der Waals surface area contributed by atoms with Crippen molar-refractivity contribution in [3.8, 4) is 0 Å². The van der Waals surface area contributed by atoms with Crippen molar-refractivity contribution >= 4 is 24.8 Å². The molecule has 0 aliphatic carbocycles. The summed E-state index contributed by atoms with van der Waals surface area (Å²) in [5.41, 5.74) is 3.27. The van der Waals surface area contributed by atoms with E-state index in [9.17, 15) is 9.90 Å². The van der Waals surface area contributed by atoms with Gasteiger partial charge in [-0.15, -0.1) is 0 Å². The van der Waals surface area contributed by atoms with Crippen molar-refractivity contribution < 1.29 is 18.6 Å². The van der Waals surface area contributed by atoms with Gasteiger partial charge in [0.25, 0.3) is 5.56 Å². The topological polar surface area (TPSA) is 95.3 Å². The Labute approximate surface area is 192 Å². The van der Waals surface area contributed by atoms with Crippen LogP contribution in [0, 0.1) is 0 Å². The molecule has 0 aliphatic rings. The lowest BCUT2D eigenvalue weighted by molar-refractivity contribution is -0.167. The van der Waals surface area contributed by atoms with Crippen LogP contribution in [0.15, 0.2) is 41.3 Å². The van der Waals surface area contributed by atoms with Crippen LogP contribution in [0.3, 0.4) is 0 Å². The normalized spacial score (nSPS) is 13.1. The number of nitrogen functional groups attached to an aromatic ring is 1. The number of para-hydroxylation sites is 1. The predicted molar refractivity (Wildman–Crippen MR) is 128 cm³/mol. The molecule has 0 unspecified atom stereocenters. The predicted octanol–water partition coefficient (Wildman–Crippen LogP) is 4.00. The number of rotatable bonds is 9. The van der Waals surface area contributed by atoms with E-state index in [1.54, 1.807) is 22.9 Å². The molecule has 0 amide bonds. The van der Waals surface area contributed by atoms with Gasteiger partial charge in [0.2, 0.25) is 0 Å². The van der Waals surface area contributed by atoms with Crippen molar-refractivity contribution in [3.05, 3.63) is 58.3 Å². The van der Waals surface area contributed by atoms with Gasteiger partial charge in [0.1, 0.15) is 18.2 Å². The molecule has 33 heavy (non-hydrogen) atoms. The van der Waals surface area contributed by atoms with Gasteiger partial charge in [-0.3, -0.25) is 4.79 Å². The molecule has 2 heterocycles. The molecule has 0 spiro atoms. The van der Waals surface area contributed by atoms with Gasteiger partial charge in [0.05, 0.1) is 28.8 Å². The van der Waals surface area contributed by atoms with Crippen LogP contribution in [0.4, 0.5) is 14.5 Å². The molecule has 0 bridgehead atoms. The van der Waals surface area contributed by atoms with Crippen LogP contribution in [0.25, 0.3) is 11.0 Å². The van der Waals surface area contributed by atoms with Crippen LogP contribution >= 0.6 is 0 Å². The largest absolute Gasteiger partial charge is 0.394 e. The molecule has 1 aromatic carbocycles. The summed E-state index contributed by atoms with van der Waals surface area (Å²) in [4.78, 5) is 16.9. The summed E-state index contributed by atoms with van der Waals surface area (Å²) in [6.45, 7) is 9.52. The summed E-state index contributed by atoms with van der Waals surface area (Å²) >= 11 is 0. The SMILES string of the molecule is CC(C)(O)C(F)(F)c1cccc2c1nc(Cn1cccc(N)c1=O)n2COCC[Si](C)(C)C. The maximum absolute atomic E-state index is 15.1. The molecule has 3 rings (SSSR count). The molecule has 3 aromatic rings. The van der Waals surface area contributed by atoms with Gasteiger partial charge in [-0.1, -0.05) is 31.8 Å². The van der Waals surface area contributed by atoms with Crippen LogP contribution < -0.4 is 11.3 Å². The molecule has 0 saturated carbocycles. The third-order valence-electron chi connectivity index (χ3n) is 5.54. The highest BCUT2D eigenvalue weighted by atomic mass is 28.3. The van der Waals surface area contributed by atoms with Crippen LogP contribution in [0.2, 0.25) is 25.7 Å². The fourth-order valence-electron chi connectivity index (χ4n) is 3.41. The van der Waals surface area contributed by atoms with Gasteiger partial charge in [-0.25, -0.2) is 4.98 Å². The Hall–Kier alpha value is -2.56. The van der Waals surface area contributed by atoms with Crippen molar-refractivity contribution in [2.24, 2.45) is 0 Å². The minimum Gasteiger partial charge on any atom is -0.394 e. The molecular weight excluding hydrogens is 446 g/mol. The highest BCUT2D eigenvalue weighted by Crippen LogP contribution is 2.41. The smallest absolute Gasteiger partial charge is 0.302 e. The van der Waals surface area contributed by atoms with Gasteiger partial charge in [-0.05, 0) is 38.1 Å². The summed E-state index contributed by atoms with van der Waals surface area (Å²) in [5.74, 6) is -3.17. The van der Waals surface area contributed by atoms with Gasteiger partial charge in [-0.2, -0.15) is 8.78 Å². The van der Waals surface area contributed by atoms with E-state index in [-0.39, 0.29) is 30.0 Å². The van der Waals surface area contributed by atoms with E-state index < -0.39 is 25.2 Å². The number of halogens is 2. The number of anilines is 1. The maximum atomic E-state index is 15.1. The minimum absolute atomic E-state index is 0.0312. The third-order valence-corrected chi connectivity index (χ3v) is 7.25. The molecule has 3 N–H and O–H groups in total. The average molecular weight is 479 g/mol. The number of pyridine rings is 1. The Morgan fingerprint density at radius 3 is 2.52 bits per heavy atom. The first-order valence-corrected chi connectivity index (χ1v) is 14.5. The van der Waals surface area contributed by atoms with Gasteiger partial charge in [0.15, 0.2) is 0 Å². The molecular formula is C23H32F2N4O3Si. The fraction of sp³-hybridized carbons (Fsp3) is 0.478. The Morgan fingerprint density at radius 2 is 1.88 bits per heavy atom. The third kappa shape index (κ3) is 5.34. The Kier molecular flexibility index (Phi) is 6.83. The molecule has 10 heteroatoms. The van der Waals surface area contributed by atoms with Gasteiger partial charge >= 0.3 is 5.92 Å². The first-order valence-electron chi connectivity index (χ1n) is 10.8. The summed E-state index contributed by atoms with van der Waals surface area (Å²) in [5, 5.41) is 10.1. The van der Waals surface area contributed by atoms with E-state index in [4.69, 9.17) is 10.5 Å². The van der Waals surface area contributed by atoms with E-state index in [0.29, 0.717) is 17.9 Å². The number of aromatic nitrogens is 3. The van der Waals surface area contributed by atoms with E-state index in [2.05, 4.69) is 24.6 Å². The molecule has 0 fully saturated rings. The monoisotopic (exact) mass is 478 g/mol. The Balaban J connectivity index is 2.09. The number of nitrogens with zero attached hydrogens (tertiary/aromatic N) is 3. The van der Waals surface area contributed by atoms with E-state index in [1.165, 1.54) is 22.8 Å². The molecule has 0 atom stereocenters. The zero-order valence-electron chi connectivity index (χ0n) is 19.7. The summed E-state index contributed by atoms with van der Waals surface area (Å²) < 4.78 is 39.2. The molecule has 7 nitrogen and oxygen atoms in total. The van der Waals surface area contributed by atoms with Crippen LogP contribution in [-0.2, 0) is 23.9 Å². The number of ether oxygens (including phenoxy) is 1. The Morgan fingerprint density at radius 1 is 1.18 bits per heavy atom. The number of hydrogen-bond acceptors (Lipinski definition) is 5. The molecule has 0 radical (unpaired) electrons. The number of fused-ring (bicyclic) bond motifs is 1. The van der Waals surface area contributed by atoms with Crippen LogP contribution in [0.5, 0.6) is 0 Å². The van der Waals surface area contributed by atoms with Crippen LogP contribution in [-0.4, -0.2) is 39.5 Å². The molecule has 0 saturated heterocycles. The number of alkyl halides is 2. The maximum Gasteiger partial charge on any atom is 0.302 e. The lowest BCUT2D eigenvalue weighted by Gasteiger charge is -2.29. The second kappa shape index (κ2) is 9.00. The number of imidazole rings is 1. The van der Waals surface area contributed by atoms with Crippen molar-refractivity contribution in [1.82, 2.24) is 14.1 Å². The standard InChI is InChI=1S/C23H32F2N4O3Si/c1-22(2,31)23(24,25)16-8-6-10-18-20(16)27-19(14-28-11-7-9-17(26)21(28)30)29(18)15-32-12-13-33(3,4)5/h6-11,31H,12-15,26H2,1-5H3. The number of nitrogens with two attached hydrogens (primary N) is 1. The zero-order valence-corrected chi connectivity index (χ0v) is 20.7. The Bertz CT molecular complexity index is 1190. The lowest BCUT2D eigenvalue weighted by atomic mass is 9.92. The quantitative estimate of drug-likeness (QED) is 0.358. The first kappa shape index (κ1) is 25.1. The average Bonchev–Trinajstić information content (AvgIpc) is 3.04. The fourth-order valence-corrected chi connectivity index (χ4v) is 4.17. The lowest BCUT2D eigenvalue weighted by Crippen LogP contribution is -2.40. The van der Waals surface area contributed by atoms with Crippen molar-refractivity contribution in [3.63, 3.8) is 0 Å². The minimum atomic E-state index is -3.55. The highest BCUT2D eigenvalue weighted by Gasteiger charge is 2.48. The second-order valence-electron chi connectivity index (χ2n) is 10.0. The summed E-state index contributed by atoms with van der Waals surface area (Å²) in [6.07, 6.45) is 1.57. The number of aliphatic hydroxyl groups is 1. The van der Waals surface area contributed by atoms with Crippen molar-refractivity contribution in [2.45, 2.75) is 64.3 Å². The van der Waals surface area contributed by atoms with E-state index >= 15 is 8.78 Å². The molecule has 0 aliphatic heterocycles.